The number of rotatable bonds is 3. The van der Waals surface area contributed by atoms with Crippen molar-refractivity contribution in [1.29, 1.82) is 0 Å². The van der Waals surface area contributed by atoms with Gasteiger partial charge in [-0.05, 0) is 36.4 Å². The molecule has 7 heteroatoms. The van der Waals surface area contributed by atoms with Crippen LogP contribution in [0.2, 0.25) is 0 Å². The van der Waals surface area contributed by atoms with Crippen LogP contribution in [0.15, 0.2) is 51.7 Å². The fraction of sp³-hybridized carbons (Fsp3) is 0.0625. The van der Waals surface area contributed by atoms with Gasteiger partial charge in [0.15, 0.2) is 5.58 Å². The Morgan fingerprint density at radius 1 is 1.13 bits per heavy atom. The van der Waals surface area contributed by atoms with E-state index in [1.165, 1.54) is 19.2 Å². The van der Waals surface area contributed by atoms with E-state index in [-0.39, 0.29) is 0 Å². The summed E-state index contributed by atoms with van der Waals surface area (Å²) in [6.45, 7) is 0. The van der Waals surface area contributed by atoms with Gasteiger partial charge in [0.2, 0.25) is 0 Å². The van der Waals surface area contributed by atoms with E-state index in [0.717, 1.165) is 0 Å². The number of fused-ring (bicyclic) bond motifs is 1. The van der Waals surface area contributed by atoms with E-state index in [1.807, 2.05) is 0 Å². The lowest BCUT2D eigenvalue weighted by molar-refractivity contribution is 0.0600. The van der Waals surface area contributed by atoms with Gasteiger partial charge in [0.05, 0.1) is 18.2 Å². The van der Waals surface area contributed by atoms with Gasteiger partial charge in [0.1, 0.15) is 0 Å². The first-order valence-electron chi connectivity index (χ1n) is 6.69. The molecule has 116 valence electrons. The molecule has 3 aromatic rings. The molecular weight excluding hydrogens is 300 g/mol. The average molecular weight is 312 g/mol. The van der Waals surface area contributed by atoms with Crippen LogP contribution in [0, 0.1) is 0 Å². The zero-order valence-corrected chi connectivity index (χ0v) is 12.1. The zero-order chi connectivity index (χ0) is 16.4. The number of nitrogens with one attached hydrogen (secondary N) is 2. The maximum atomic E-state index is 12.3. The van der Waals surface area contributed by atoms with Crippen molar-refractivity contribution in [3.05, 3.63) is 64.1 Å². The van der Waals surface area contributed by atoms with E-state index in [0.29, 0.717) is 27.9 Å². The van der Waals surface area contributed by atoms with Crippen molar-refractivity contribution in [2.24, 2.45) is 0 Å². The Kier molecular flexibility index (Phi) is 3.68. The van der Waals surface area contributed by atoms with Crippen LogP contribution < -0.4 is 11.1 Å². The van der Waals surface area contributed by atoms with Gasteiger partial charge >= 0.3 is 11.7 Å². The van der Waals surface area contributed by atoms with Gasteiger partial charge < -0.3 is 14.5 Å². The molecule has 0 aliphatic carbocycles. The minimum atomic E-state index is -0.580. The summed E-state index contributed by atoms with van der Waals surface area (Å²) >= 11 is 0. The van der Waals surface area contributed by atoms with Gasteiger partial charge in [0.25, 0.3) is 5.91 Å². The maximum absolute atomic E-state index is 12.3. The van der Waals surface area contributed by atoms with Crippen LogP contribution in [0.5, 0.6) is 0 Å². The predicted octanol–water partition coefficient (Wildman–Crippen LogP) is 2.16. The van der Waals surface area contributed by atoms with E-state index in [1.54, 1.807) is 30.3 Å². The molecule has 0 saturated carbocycles. The lowest BCUT2D eigenvalue weighted by atomic mass is 10.1. The highest BCUT2D eigenvalue weighted by Crippen LogP contribution is 2.16. The molecule has 0 atom stereocenters. The first kappa shape index (κ1) is 14.6. The number of benzene rings is 2. The second kappa shape index (κ2) is 5.80. The summed E-state index contributed by atoms with van der Waals surface area (Å²) in [4.78, 5) is 37.4. The van der Waals surface area contributed by atoms with Crippen LogP contribution in [0.4, 0.5) is 5.69 Å². The number of methoxy groups -OCH3 is 1. The number of aromatic nitrogens is 1. The molecule has 0 fully saturated rings. The molecule has 1 heterocycles. The van der Waals surface area contributed by atoms with Crippen LogP contribution in [0.3, 0.4) is 0 Å². The van der Waals surface area contributed by atoms with Crippen molar-refractivity contribution in [2.75, 3.05) is 12.4 Å². The van der Waals surface area contributed by atoms with Gasteiger partial charge in [-0.3, -0.25) is 9.78 Å². The monoisotopic (exact) mass is 312 g/mol. The summed E-state index contributed by atoms with van der Waals surface area (Å²) in [5.41, 5.74) is 1.92. The predicted molar refractivity (Wildman–Crippen MR) is 82.6 cm³/mol. The fourth-order valence-corrected chi connectivity index (χ4v) is 2.13. The topological polar surface area (TPSA) is 101 Å². The van der Waals surface area contributed by atoms with Crippen LogP contribution in [-0.4, -0.2) is 24.0 Å². The highest BCUT2D eigenvalue weighted by atomic mass is 16.5. The normalized spacial score (nSPS) is 10.5. The quantitative estimate of drug-likeness (QED) is 0.722. The number of carbonyl (C=O) groups excluding carboxylic acids is 2. The van der Waals surface area contributed by atoms with Crippen molar-refractivity contribution in [2.45, 2.75) is 0 Å². The number of oxazole rings is 1. The Bertz CT molecular complexity index is 954. The SMILES string of the molecule is COC(=O)c1cccc(NC(=O)c2ccc3[nH]c(=O)oc3c2)c1. The molecule has 0 aliphatic heterocycles. The second-order valence-corrected chi connectivity index (χ2v) is 4.75. The molecular formula is C16H12N2O5. The number of hydrogen-bond donors (Lipinski definition) is 2. The molecule has 0 spiro atoms. The first-order valence-corrected chi connectivity index (χ1v) is 6.69. The van der Waals surface area contributed by atoms with Gasteiger partial charge in [-0.2, -0.15) is 0 Å². The highest BCUT2D eigenvalue weighted by molar-refractivity contribution is 6.06. The number of aromatic amines is 1. The second-order valence-electron chi connectivity index (χ2n) is 4.75. The number of carbonyl (C=O) groups is 2. The van der Waals surface area contributed by atoms with E-state index < -0.39 is 17.6 Å². The van der Waals surface area contributed by atoms with Crippen molar-refractivity contribution in [3.8, 4) is 0 Å². The zero-order valence-electron chi connectivity index (χ0n) is 12.1. The van der Waals surface area contributed by atoms with Crippen LogP contribution in [0.1, 0.15) is 20.7 Å². The molecule has 23 heavy (non-hydrogen) atoms. The number of hydrogen-bond acceptors (Lipinski definition) is 5. The molecule has 0 bridgehead atoms. The summed E-state index contributed by atoms with van der Waals surface area (Å²) in [5.74, 6) is -1.46. The maximum Gasteiger partial charge on any atom is 0.417 e. The summed E-state index contributed by atoms with van der Waals surface area (Å²) in [6.07, 6.45) is 0. The number of amides is 1. The smallest absolute Gasteiger partial charge is 0.417 e. The highest BCUT2D eigenvalue weighted by Gasteiger charge is 2.11. The van der Waals surface area contributed by atoms with Crippen molar-refractivity contribution in [1.82, 2.24) is 4.98 Å². The minimum absolute atomic E-state index is 0.297. The Hall–Kier alpha value is -3.35. The first-order chi connectivity index (χ1) is 11.1. The minimum Gasteiger partial charge on any atom is -0.465 e. The number of H-pyrrole nitrogens is 1. The van der Waals surface area contributed by atoms with Gasteiger partial charge in [0, 0.05) is 11.3 Å². The van der Waals surface area contributed by atoms with E-state index >= 15 is 0 Å². The Labute approximate surface area is 129 Å². The lowest BCUT2D eigenvalue weighted by Gasteiger charge is -2.06. The largest absolute Gasteiger partial charge is 0.465 e. The van der Waals surface area contributed by atoms with Crippen LogP contribution in [0.25, 0.3) is 11.1 Å². The number of esters is 1. The molecule has 2 aromatic carbocycles. The Morgan fingerprint density at radius 3 is 2.74 bits per heavy atom. The van der Waals surface area contributed by atoms with Gasteiger partial charge in [-0.1, -0.05) is 6.07 Å². The Morgan fingerprint density at radius 2 is 1.96 bits per heavy atom. The Balaban J connectivity index is 1.85. The summed E-state index contributed by atoms with van der Waals surface area (Å²) in [5, 5.41) is 2.67. The fourth-order valence-electron chi connectivity index (χ4n) is 2.13. The summed E-state index contributed by atoms with van der Waals surface area (Å²) in [6, 6.07) is 11.0. The molecule has 0 aliphatic rings. The standard InChI is InChI=1S/C16H12N2O5/c1-22-15(20)10-3-2-4-11(7-10)17-14(19)9-5-6-12-13(8-9)23-16(21)18-12/h2-8H,1H3,(H,17,19)(H,18,21). The van der Waals surface area contributed by atoms with Crippen LogP contribution in [-0.2, 0) is 4.74 Å². The molecule has 0 saturated heterocycles. The number of anilines is 1. The summed E-state index contributed by atoms with van der Waals surface area (Å²) < 4.78 is 9.56. The summed E-state index contributed by atoms with van der Waals surface area (Å²) in [7, 11) is 1.29. The molecule has 0 radical (unpaired) electrons. The number of ether oxygens (including phenoxy) is 1. The third-order valence-corrected chi connectivity index (χ3v) is 3.22. The molecule has 0 unspecified atom stereocenters. The van der Waals surface area contributed by atoms with Crippen molar-refractivity contribution in [3.63, 3.8) is 0 Å². The third-order valence-electron chi connectivity index (χ3n) is 3.22. The van der Waals surface area contributed by atoms with Crippen molar-refractivity contribution < 1.29 is 18.7 Å². The lowest BCUT2D eigenvalue weighted by Crippen LogP contribution is -2.12. The van der Waals surface area contributed by atoms with E-state index in [9.17, 15) is 14.4 Å². The molecule has 2 N–H and O–H groups in total. The molecule has 1 amide bonds. The van der Waals surface area contributed by atoms with E-state index in [4.69, 9.17) is 4.42 Å². The molecule has 1 aromatic heterocycles. The molecule has 3 rings (SSSR count). The molecule has 7 nitrogen and oxygen atoms in total. The van der Waals surface area contributed by atoms with Crippen molar-refractivity contribution >= 4 is 28.7 Å². The average Bonchev–Trinajstić information content (AvgIpc) is 2.93. The van der Waals surface area contributed by atoms with E-state index in [2.05, 4.69) is 15.0 Å². The van der Waals surface area contributed by atoms with Crippen LogP contribution >= 0.6 is 0 Å². The van der Waals surface area contributed by atoms with Gasteiger partial charge in [-0.15, -0.1) is 0 Å². The third kappa shape index (κ3) is 2.98. The van der Waals surface area contributed by atoms with Gasteiger partial charge in [-0.25, -0.2) is 9.59 Å².